The average Bonchev–Trinajstić information content (AvgIpc) is 3.07. The molecule has 1 aliphatic heterocycles. The van der Waals surface area contributed by atoms with Crippen molar-refractivity contribution in [2.24, 2.45) is 5.73 Å². The van der Waals surface area contributed by atoms with Gasteiger partial charge in [0.05, 0.1) is 4.47 Å². The van der Waals surface area contributed by atoms with E-state index >= 15 is 0 Å². The van der Waals surface area contributed by atoms with Crippen molar-refractivity contribution in [2.45, 2.75) is 50.9 Å². The maximum atomic E-state index is 6.18. The third-order valence-electron chi connectivity index (χ3n) is 4.74. The van der Waals surface area contributed by atoms with Crippen molar-refractivity contribution < 1.29 is 9.47 Å². The molecular formula is C16H22BrNO2. The topological polar surface area (TPSA) is 44.5 Å². The molecule has 110 valence electrons. The predicted molar refractivity (Wildman–Crippen MR) is 83.6 cm³/mol. The first-order chi connectivity index (χ1) is 9.59. The van der Waals surface area contributed by atoms with E-state index < -0.39 is 0 Å². The summed E-state index contributed by atoms with van der Waals surface area (Å²) in [6.07, 6.45) is 4.88. The fourth-order valence-corrected chi connectivity index (χ4v) is 4.22. The van der Waals surface area contributed by atoms with Crippen LogP contribution in [0.2, 0.25) is 0 Å². The van der Waals surface area contributed by atoms with Crippen molar-refractivity contribution in [3.05, 3.63) is 21.7 Å². The lowest BCUT2D eigenvalue weighted by Crippen LogP contribution is -2.33. The van der Waals surface area contributed by atoms with E-state index in [0.717, 1.165) is 16.0 Å². The normalized spacial score (nSPS) is 19.9. The predicted octanol–water partition coefficient (Wildman–Crippen LogP) is 4.07. The van der Waals surface area contributed by atoms with E-state index in [1.165, 1.54) is 36.8 Å². The van der Waals surface area contributed by atoms with Crippen molar-refractivity contribution >= 4 is 15.9 Å². The number of halogens is 1. The third kappa shape index (κ3) is 2.04. The summed E-state index contributed by atoms with van der Waals surface area (Å²) in [4.78, 5) is 0. The van der Waals surface area contributed by atoms with E-state index in [1.807, 2.05) is 0 Å². The van der Waals surface area contributed by atoms with Crippen molar-refractivity contribution in [1.82, 2.24) is 0 Å². The van der Waals surface area contributed by atoms with Crippen LogP contribution in [-0.4, -0.2) is 13.3 Å². The van der Waals surface area contributed by atoms with Crippen LogP contribution >= 0.6 is 15.9 Å². The summed E-state index contributed by atoms with van der Waals surface area (Å²) in [5.41, 5.74) is 8.94. The van der Waals surface area contributed by atoms with Crippen molar-refractivity contribution in [2.75, 3.05) is 13.3 Å². The number of benzene rings is 1. The summed E-state index contributed by atoms with van der Waals surface area (Å²) in [7, 11) is 0. The highest BCUT2D eigenvalue weighted by Crippen LogP contribution is 2.52. The molecule has 0 unspecified atom stereocenters. The van der Waals surface area contributed by atoms with E-state index in [-0.39, 0.29) is 5.41 Å². The van der Waals surface area contributed by atoms with E-state index in [0.29, 0.717) is 19.3 Å². The molecule has 3 rings (SSSR count). The fourth-order valence-electron chi connectivity index (χ4n) is 3.70. The standard InChI is InChI=1S/C16H22BrNO2/c1-10(2)13-11(16(8-18)5-3-4-6-16)7-12(17)14-15(13)20-9-19-14/h7,10H,3-6,8-9,18H2,1-2H3. The molecule has 1 heterocycles. The minimum atomic E-state index is 0.114. The van der Waals surface area contributed by atoms with Gasteiger partial charge in [-0.2, -0.15) is 0 Å². The highest BCUT2D eigenvalue weighted by molar-refractivity contribution is 9.10. The first-order valence-corrected chi connectivity index (χ1v) is 8.21. The molecule has 0 aromatic heterocycles. The summed E-state index contributed by atoms with van der Waals surface area (Å²) in [5.74, 6) is 2.17. The Bertz CT molecular complexity index is 522. The summed E-state index contributed by atoms with van der Waals surface area (Å²) in [6.45, 7) is 5.45. The van der Waals surface area contributed by atoms with Gasteiger partial charge in [0.2, 0.25) is 6.79 Å². The molecule has 1 fully saturated rings. The molecule has 1 aromatic rings. The number of nitrogens with two attached hydrogens (primary N) is 1. The molecule has 1 saturated carbocycles. The van der Waals surface area contributed by atoms with Crippen LogP contribution in [-0.2, 0) is 5.41 Å². The molecule has 1 aromatic carbocycles. The molecule has 2 aliphatic rings. The quantitative estimate of drug-likeness (QED) is 0.902. The Labute approximate surface area is 129 Å². The van der Waals surface area contributed by atoms with Gasteiger partial charge in [-0.25, -0.2) is 0 Å². The van der Waals surface area contributed by atoms with E-state index in [1.54, 1.807) is 0 Å². The van der Waals surface area contributed by atoms with E-state index in [2.05, 4.69) is 35.8 Å². The van der Waals surface area contributed by atoms with Crippen LogP contribution in [0.25, 0.3) is 0 Å². The van der Waals surface area contributed by atoms with Crippen LogP contribution in [0.3, 0.4) is 0 Å². The third-order valence-corrected chi connectivity index (χ3v) is 5.32. The number of rotatable bonds is 3. The first kappa shape index (κ1) is 14.2. The van der Waals surface area contributed by atoms with Gasteiger partial charge in [-0.1, -0.05) is 26.7 Å². The lowest BCUT2D eigenvalue weighted by atomic mass is 9.74. The Morgan fingerprint density at radius 2 is 1.90 bits per heavy atom. The van der Waals surface area contributed by atoms with Gasteiger partial charge in [-0.15, -0.1) is 0 Å². The molecule has 0 bridgehead atoms. The monoisotopic (exact) mass is 339 g/mol. The molecule has 0 saturated heterocycles. The molecule has 2 N–H and O–H groups in total. The minimum absolute atomic E-state index is 0.114. The van der Waals surface area contributed by atoms with E-state index in [9.17, 15) is 0 Å². The molecule has 0 amide bonds. The molecule has 20 heavy (non-hydrogen) atoms. The summed E-state index contributed by atoms with van der Waals surface area (Å²) in [6, 6.07) is 2.22. The van der Waals surface area contributed by atoms with Crippen LogP contribution in [0, 0.1) is 0 Å². The highest BCUT2D eigenvalue weighted by atomic mass is 79.9. The molecule has 0 radical (unpaired) electrons. The number of hydrogen-bond acceptors (Lipinski definition) is 3. The highest BCUT2D eigenvalue weighted by Gasteiger charge is 2.39. The molecule has 0 spiro atoms. The lowest BCUT2D eigenvalue weighted by Gasteiger charge is -2.32. The van der Waals surface area contributed by atoms with Crippen LogP contribution in [0.4, 0.5) is 0 Å². The maximum Gasteiger partial charge on any atom is 0.231 e. The van der Waals surface area contributed by atoms with Gasteiger partial charge in [0, 0.05) is 17.5 Å². The van der Waals surface area contributed by atoms with E-state index in [4.69, 9.17) is 15.2 Å². The molecule has 0 atom stereocenters. The van der Waals surface area contributed by atoms with Gasteiger partial charge in [0.15, 0.2) is 11.5 Å². The minimum Gasteiger partial charge on any atom is -0.453 e. The number of ether oxygens (including phenoxy) is 2. The summed E-state index contributed by atoms with van der Waals surface area (Å²) < 4.78 is 12.4. The Morgan fingerprint density at radius 1 is 1.25 bits per heavy atom. The van der Waals surface area contributed by atoms with Crippen LogP contribution in [0.5, 0.6) is 11.5 Å². The Hall–Kier alpha value is -0.740. The van der Waals surface area contributed by atoms with Gasteiger partial charge in [0.25, 0.3) is 0 Å². The Kier molecular flexibility index (Phi) is 3.71. The Morgan fingerprint density at radius 3 is 2.50 bits per heavy atom. The lowest BCUT2D eigenvalue weighted by molar-refractivity contribution is 0.172. The first-order valence-electron chi connectivity index (χ1n) is 7.41. The average molecular weight is 340 g/mol. The summed E-state index contributed by atoms with van der Waals surface area (Å²) >= 11 is 3.64. The largest absolute Gasteiger partial charge is 0.453 e. The zero-order chi connectivity index (χ0) is 14.3. The maximum absolute atomic E-state index is 6.18. The zero-order valence-corrected chi connectivity index (χ0v) is 13.8. The van der Waals surface area contributed by atoms with Gasteiger partial charge in [-0.3, -0.25) is 0 Å². The molecular weight excluding hydrogens is 318 g/mol. The van der Waals surface area contributed by atoms with Gasteiger partial charge >= 0.3 is 0 Å². The SMILES string of the molecule is CC(C)c1c(C2(CN)CCCC2)cc(Br)c2c1OCO2. The molecule has 1 aliphatic carbocycles. The Balaban J connectivity index is 2.22. The second-order valence-electron chi connectivity index (χ2n) is 6.23. The van der Waals surface area contributed by atoms with Gasteiger partial charge in [0.1, 0.15) is 0 Å². The second kappa shape index (κ2) is 5.23. The van der Waals surface area contributed by atoms with Gasteiger partial charge < -0.3 is 15.2 Å². The van der Waals surface area contributed by atoms with Crippen molar-refractivity contribution in [3.8, 4) is 11.5 Å². The number of fused-ring (bicyclic) bond motifs is 1. The second-order valence-corrected chi connectivity index (χ2v) is 7.08. The van der Waals surface area contributed by atoms with Crippen molar-refractivity contribution in [3.63, 3.8) is 0 Å². The summed E-state index contributed by atoms with van der Waals surface area (Å²) in [5, 5.41) is 0. The zero-order valence-electron chi connectivity index (χ0n) is 12.2. The van der Waals surface area contributed by atoms with Crippen LogP contribution < -0.4 is 15.2 Å². The molecule has 3 nitrogen and oxygen atoms in total. The van der Waals surface area contributed by atoms with Gasteiger partial charge in [-0.05, 0) is 46.3 Å². The van der Waals surface area contributed by atoms with Crippen LogP contribution in [0.1, 0.15) is 56.6 Å². The molecule has 4 heteroatoms. The smallest absolute Gasteiger partial charge is 0.231 e. The van der Waals surface area contributed by atoms with Crippen LogP contribution in [0.15, 0.2) is 10.5 Å². The fraction of sp³-hybridized carbons (Fsp3) is 0.625. The number of hydrogen-bond donors (Lipinski definition) is 1. The van der Waals surface area contributed by atoms with Crippen molar-refractivity contribution in [1.29, 1.82) is 0 Å².